The average molecular weight is 320 g/mol. The molecule has 1 unspecified atom stereocenters. The van der Waals surface area contributed by atoms with Crippen molar-refractivity contribution < 1.29 is 8.42 Å². The van der Waals surface area contributed by atoms with Gasteiger partial charge in [0.1, 0.15) is 0 Å². The van der Waals surface area contributed by atoms with E-state index in [-0.39, 0.29) is 0 Å². The standard InChI is InChI=1S/C13H18ClNO2S2/c14-7-5-11-1-3-13(4-2-11)19(16,17)15-9-12-6-8-18-10-12/h1-4,12,15H,5-10H2. The van der Waals surface area contributed by atoms with Crippen LogP contribution in [0.25, 0.3) is 0 Å². The van der Waals surface area contributed by atoms with Crippen molar-refractivity contribution in [2.24, 2.45) is 5.92 Å². The monoisotopic (exact) mass is 319 g/mol. The van der Waals surface area contributed by atoms with Crippen LogP contribution in [0, 0.1) is 5.92 Å². The van der Waals surface area contributed by atoms with Crippen molar-refractivity contribution in [3.05, 3.63) is 29.8 Å². The van der Waals surface area contributed by atoms with E-state index in [1.165, 1.54) is 0 Å². The second-order valence-corrected chi connectivity index (χ2v) is 7.96. The van der Waals surface area contributed by atoms with E-state index in [1.807, 2.05) is 23.9 Å². The Morgan fingerprint density at radius 1 is 1.32 bits per heavy atom. The second kappa shape index (κ2) is 6.97. The van der Waals surface area contributed by atoms with Crippen LogP contribution in [0.5, 0.6) is 0 Å². The molecule has 1 aliphatic rings. The molecule has 1 N–H and O–H groups in total. The van der Waals surface area contributed by atoms with Crippen molar-refractivity contribution in [1.82, 2.24) is 4.72 Å². The SMILES string of the molecule is O=S(=O)(NCC1CCSC1)c1ccc(CCCl)cc1. The molecular weight excluding hydrogens is 302 g/mol. The van der Waals surface area contributed by atoms with Crippen LogP contribution in [-0.4, -0.2) is 32.3 Å². The van der Waals surface area contributed by atoms with Gasteiger partial charge in [-0.05, 0) is 48.0 Å². The summed E-state index contributed by atoms with van der Waals surface area (Å²) in [4.78, 5) is 0.330. The van der Waals surface area contributed by atoms with Gasteiger partial charge in [0.05, 0.1) is 4.90 Å². The van der Waals surface area contributed by atoms with Crippen molar-refractivity contribution in [3.63, 3.8) is 0 Å². The van der Waals surface area contributed by atoms with E-state index in [2.05, 4.69) is 4.72 Å². The molecule has 2 rings (SSSR count). The van der Waals surface area contributed by atoms with Crippen molar-refractivity contribution in [3.8, 4) is 0 Å². The summed E-state index contributed by atoms with van der Waals surface area (Å²) in [6, 6.07) is 6.94. The third-order valence-electron chi connectivity index (χ3n) is 3.20. The van der Waals surface area contributed by atoms with E-state index >= 15 is 0 Å². The highest BCUT2D eigenvalue weighted by molar-refractivity contribution is 7.99. The molecule has 1 aliphatic heterocycles. The first kappa shape index (κ1) is 15.2. The molecule has 0 spiro atoms. The highest BCUT2D eigenvalue weighted by atomic mass is 35.5. The van der Waals surface area contributed by atoms with Gasteiger partial charge in [0.25, 0.3) is 0 Å². The number of hydrogen-bond donors (Lipinski definition) is 1. The second-order valence-electron chi connectivity index (χ2n) is 4.66. The van der Waals surface area contributed by atoms with Crippen LogP contribution in [0.1, 0.15) is 12.0 Å². The van der Waals surface area contributed by atoms with E-state index in [4.69, 9.17) is 11.6 Å². The van der Waals surface area contributed by atoms with Gasteiger partial charge in [-0.1, -0.05) is 12.1 Å². The zero-order valence-electron chi connectivity index (χ0n) is 10.6. The van der Waals surface area contributed by atoms with Crippen LogP contribution in [-0.2, 0) is 16.4 Å². The highest BCUT2D eigenvalue weighted by Crippen LogP contribution is 2.23. The molecule has 1 heterocycles. The predicted molar refractivity (Wildman–Crippen MR) is 81.5 cm³/mol. The molecule has 0 bridgehead atoms. The summed E-state index contributed by atoms with van der Waals surface area (Å²) in [5.41, 5.74) is 1.06. The molecule has 0 aromatic heterocycles. The molecule has 0 radical (unpaired) electrons. The van der Waals surface area contributed by atoms with Crippen LogP contribution in [0.2, 0.25) is 0 Å². The summed E-state index contributed by atoms with van der Waals surface area (Å²) >= 11 is 7.54. The van der Waals surface area contributed by atoms with Crippen molar-refractivity contribution >= 4 is 33.4 Å². The largest absolute Gasteiger partial charge is 0.240 e. The molecule has 19 heavy (non-hydrogen) atoms. The van der Waals surface area contributed by atoms with E-state index in [0.29, 0.717) is 23.2 Å². The zero-order valence-corrected chi connectivity index (χ0v) is 13.0. The van der Waals surface area contributed by atoms with Gasteiger partial charge in [0.15, 0.2) is 0 Å². The van der Waals surface area contributed by atoms with Crippen molar-refractivity contribution in [1.29, 1.82) is 0 Å². The molecule has 1 fully saturated rings. The summed E-state index contributed by atoms with van der Waals surface area (Å²) in [5.74, 6) is 3.20. The maximum absolute atomic E-state index is 12.1. The number of hydrogen-bond acceptors (Lipinski definition) is 3. The lowest BCUT2D eigenvalue weighted by Gasteiger charge is -2.11. The number of sulfonamides is 1. The quantitative estimate of drug-likeness (QED) is 0.819. The number of nitrogens with one attached hydrogen (secondary N) is 1. The maximum Gasteiger partial charge on any atom is 0.240 e. The Hall–Kier alpha value is -0.230. The van der Waals surface area contributed by atoms with Crippen LogP contribution in [0.3, 0.4) is 0 Å². The third-order valence-corrected chi connectivity index (χ3v) is 6.06. The fraction of sp³-hybridized carbons (Fsp3) is 0.538. The van der Waals surface area contributed by atoms with Crippen LogP contribution >= 0.6 is 23.4 Å². The van der Waals surface area contributed by atoms with Crippen LogP contribution in [0.4, 0.5) is 0 Å². The highest BCUT2D eigenvalue weighted by Gasteiger charge is 2.19. The van der Waals surface area contributed by atoms with E-state index in [1.54, 1.807) is 12.1 Å². The summed E-state index contributed by atoms with van der Waals surface area (Å²) in [6.45, 7) is 0.540. The van der Waals surface area contributed by atoms with Gasteiger partial charge in [0, 0.05) is 12.4 Å². The van der Waals surface area contributed by atoms with Gasteiger partial charge in [-0.15, -0.1) is 11.6 Å². The lowest BCUT2D eigenvalue weighted by atomic mass is 10.1. The number of rotatable bonds is 6. The lowest BCUT2D eigenvalue weighted by molar-refractivity contribution is 0.546. The number of benzene rings is 1. The number of halogens is 1. The number of alkyl halides is 1. The van der Waals surface area contributed by atoms with E-state index < -0.39 is 10.0 Å². The van der Waals surface area contributed by atoms with Gasteiger partial charge >= 0.3 is 0 Å². The summed E-state index contributed by atoms with van der Waals surface area (Å²) in [6.07, 6.45) is 1.86. The normalized spacial score (nSPS) is 19.7. The Bertz CT molecular complexity index is 496. The Morgan fingerprint density at radius 3 is 2.63 bits per heavy atom. The fourth-order valence-corrected chi connectivity index (χ4v) is 4.62. The zero-order chi connectivity index (χ0) is 13.7. The van der Waals surface area contributed by atoms with Crippen molar-refractivity contribution in [2.45, 2.75) is 17.7 Å². The first-order chi connectivity index (χ1) is 9.12. The lowest BCUT2D eigenvalue weighted by Crippen LogP contribution is -2.29. The molecule has 3 nitrogen and oxygen atoms in total. The molecule has 1 aromatic carbocycles. The Morgan fingerprint density at radius 2 is 2.05 bits per heavy atom. The Kier molecular flexibility index (Phi) is 5.57. The molecule has 0 amide bonds. The molecule has 0 aliphatic carbocycles. The molecular formula is C13H18ClNO2S2. The Labute approximate surface area is 124 Å². The fourth-order valence-electron chi connectivity index (χ4n) is 2.00. The van der Waals surface area contributed by atoms with Gasteiger partial charge < -0.3 is 0 Å². The minimum Gasteiger partial charge on any atom is -0.211 e. The molecule has 1 saturated heterocycles. The summed E-state index contributed by atoms with van der Waals surface area (Å²) in [7, 11) is -3.37. The molecule has 1 aromatic rings. The third kappa shape index (κ3) is 4.38. The smallest absolute Gasteiger partial charge is 0.211 e. The van der Waals surface area contributed by atoms with Crippen LogP contribution in [0.15, 0.2) is 29.2 Å². The number of aryl methyl sites for hydroxylation is 1. The molecule has 1 atom stereocenters. The summed E-state index contributed by atoms with van der Waals surface area (Å²) in [5, 5.41) is 0. The first-order valence-electron chi connectivity index (χ1n) is 6.34. The average Bonchev–Trinajstić information content (AvgIpc) is 2.91. The summed E-state index contributed by atoms with van der Waals surface area (Å²) < 4.78 is 26.9. The molecule has 106 valence electrons. The van der Waals surface area contributed by atoms with E-state index in [0.717, 1.165) is 29.9 Å². The topological polar surface area (TPSA) is 46.2 Å². The van der Waals surface area contributed by atoms with Gasteiger partial charge in [-0.2, -0.15) is 11.8 Å². The predicted octanol–water partition coefficient (Wildman–Crippen LogP) is 2.50. The minimum atomic E-state index is -3.37. The van der Waals surface area contributed by atoms with Gasteiger partial charge in [-0.25, -0.2) is 13.1 Å². The Balaban J connectivity index is 1.97. The van der Waals surface area contributed by atoms with Gasteiger partial charge in [-0.3, -0.25) is 0 Å². The number of thioether (sulfide) groups is 1. The maximum atomic E-state index is 12.1. The van der Waals surface area contributed by atoms with Crippen LogP contribution < -0.4 is 4.72 Å². The molecule has 6 heteroatoms. The minimum absolute atomic E-state index is 0.330. The van der Waals surface area contributed by atoms with Gasteiger partial charge in [0.2, 0.25) is 10.0 Å². The van der Waals surface area contributed by atoms with E-state index in [9.17, 15) is 8.42 Å². The first-order valence-corrected chi connectivity index (χ1v) is 9.51. The van der Waals surface area contributed by atoms with Crippen molar-refractivity contribution in [2.75, 3.05) is 23.9 Å². The molecule has 0 saturated carbocycles.